The molecule has 1 amide bonds. The first-order valence-electron chi connectivity index (χ1n) is 7.46. The maximum Gasteiger partial charge on any atom is 0.231 e. The van der Waals surface area contributed by atoms with Crippen molar-refractivity contribution in [3.05, 3.63) is 24.3 Å². The first-order valence-corrected chi connectivity index (χ1v) is 7.46. The van der Waals surface area contributed by atoms with Crippen LogP contribution in [0.3, 0.4) is 0 Å². The Hall–Kier alpha value is -1.88. The SMILES string of the molecule is CN(C(=O)C[C@@H]1CCCCO1)c1nc2ccccc2n1C. The van der Waals surface area contributed by atoms with Crippen molar-refractivity contribution in [2.75, 3.05) is 18.6 Å². The van der Waals surface area contributed by atoms with Crippen LogP contribution in [-0.2, 0) is 16.6 Å². The fourth-order valence-electron chi connectivity index (χ4n) is 2.84. The van der Waals surface area contributed by atoms with E-state index in [0.29, 0.717) is 12.4 Å². The maximum absolute atomic E-state index is 12.4. The van der Waals surface area contributed by atoms with Gasteiger partial charge in [0.25, 0.3) is 0 Å². The van der Waals surface area contributed by atoms with Gasteiger partial charge in [-0.05, 0) is 31.4 Å². The Labute approximate surface area is 124 Å². The van der Waals surface area contributed by atoms with Crippen molar-refractivity contribution in [3.63, 3.8) is 0 Å². The summed E-state index contributed by atoms with van der Waals surface area (Å²) in [5, 5.41) is 0. The summed E-state index contributed by atoms with van der Waals surface area (Å²) >= 11 is 0. The Kier molecular flexibility index (Phi) is 3.92. The number of hydrogen-bond acceptors (Lipinski definition) is 3. The van der Waals surface area contributed by atoms with Crippen molar-refractivity contribution in [2.24, 2.45) is 7.05 Å². The van der Waals surface area contributed by atoms with Gasteiger partial charge in [0.15, 0.2) is 0 Å². The summed E-state index contributed by atoms with van der Waals surface area (Å²) in [6, 6.07) is 7.90. The third-order valence-electron chi connectivity index (χ3n) is 4.11. The van der Waals surface area contributed by atoms with Crippen LogP contribution in [0.2, 0.25) is 0 Å². The number of rotatable bonds is 3. The Bertz CT molecular complexity index is 644. The number of imidazole rings is 1. The monoisotopic (exact) mass is 287 g/mol. The van der Waals surface area contributed by atoms with E-state index in [1.807, 2.05) is 35.9 Å². The van der Waals surface area contributed by atoms with Crippen LogP contribution in [0.5, 0.6) is 0 Å². The van der Waals surface area contributed by atoms with E-state index in [1.165, 1.54) is 0 Å². The molecule has 0 aliphatic carbocycles. The fourth-order valence-corrected chi connectivity index (χ4v) is 2.84. The van der Waals surface area contributed by atoms with Crippen molar-refractivity contribution in [1.29, 1.82) is 0 Å². The minimum absolute atomic E-state index is 0.0558. The van der Waals surface area contributed by atoms with Gasteiger partial charge in [0.05, 0.1) is 23.6 Å². The van der Waals surface area contributed by atoms with E-state index in [4.69, 9.17) is 4.74 Å². The third-order valence-corrected chi connectivity index (χ3v) is 4.11. The molecule has 1 aliphatic rings. The third kappa shape index (κ3) is 2.78. The molecule has 1 aromatic carbocycles. The Morgan fingerprint density at radius 3 is 2.95 bits per heavy atom. The number of hydrogen-bond donors (Lipinski definition) is 0. The van der Waals surface area contributed by atoms with E-state index in [0.717, 1.165) is 36.9 Å². The zero-order chi connectivity index (χ0) is 14.8. The molecule has 5 heteroatoms. The molecule has 1 atom stereocenters. The minimum Gasteiger partial charge on any atom is -0.378 e. The van der Waals surface area contributed by atoms with E-state index in [9.17, 15) is 4.79 Å². The highest BCUT2D eigenvalue weighted by molar-refractivity contribution is 5.93. The second-order valence-electron chi connectivity index (χ2n) is 5.60. The number of anilines is 1. The summed E-state index contributed by atoms with van der Waals surface area (Å²) in [5.41, 5.74) is 1.93. The highest BCUT2D eigenvalue weighted by Gasteiger charge is 2.23. The largest absolute Gasteiger partial charge is 0.378 e. The molecule has 1 fully saturated rings. The van der Waals surface area contributed by atoms with E-state index in [2.05, 4.69) is 4.98 Å². The zero-order valence-electron chi connectivity index (χ0n) is 12.6. The van der Waals surface area contributed by atoms with Gasteiger partial charge in [-0.25, -0.2) is 4.98 Å². The van der Waals surface area contributed by atoms with Gasteiger partial charge < -0.3 is 9.30 Å². The summed E-state index contributed by atoms with van der Waals surface area (Å²) in [5.74, 6) is 0.734. The van der Waals surface area contributed by atoms with Gasteiger partial charge >= 0.3 is 0 Å². The van der Waals surface area contributed by atoms with Crippen molar-refractivity contribution >= 4 is 22.9 Å². The molecule has 2 heterocycles. The number of aryl methyl sites for hydroxylation is 1. The van der Waals surface area contributed by atoms with E-state index in [-0.39, 0.29) is 12.0 Å². The van der Waals surface area contributed by atoms with Gasteiger partial charge in [-0.15, -0.1) is 0 Å². The number of ether oxygens (including phenoxy) is 1. The van der Waals surface area contributed by atoms with E-state index < -0.39 is 0 Å². The van der Waals surface area contributed by atoms with Gasteiger partial charge in [0.1, 0.15) is 0 Å². The lowest BCUT2D eigenvalue weighted by molar-refractivity contribution is -0.122. The van der Waals surface area contributed by atoms with Crippen LogP contribution in [-0.4, -0.2) is 35.2 Å². The van der Waals surface area contributed by atoms with Crippen molar-refractivity contribution < 1.29 is 9.53 Å². The quantitative estimate of drug-likeness (QED) is 0.871. The van der Waals surface area contributed by atoms with Gasteiger partial charge in [0, 0.05) is 20.7 Å². The first kappa shape index (κ1) is 14.1. The predicted octanol–water partition coefficient (Wildman–Crippen LogP) is 2.50. The number of carbonyl (C=O) groups excluding carboxylic acids is 1. The van der Waals surface area contributed by atoms with E-state index >= 15 is 0 Å². The number of amides is 1. The Morgan fingerprint density at radius 1 is 1.43 bits per heavy atom. The van der Waals surface area contributed by atoms with E-state index in [1.54, 1.807) is 11.9 Å². The summed E-state index contributed by atoms with van der Waals surface area (Å²) < 4.78 is 7.60. The topological polar surface area (TPSA) is 47.4 Å². The highest BCUT2D eigenvalue weighted by Crippen LogP contribution is 2.22. The molecule has 5 nitrogen and oxygen atoms in total. The molecule has 0 N–H and O–H groups in total. The highest BCUT2D eigenvalue weighted by atomic mass is 16.5. The average molecular weight is 287 g/mol. The van der Waals surface area contributed by atoms with Crippen LogP contribution < -0.4 is 4.90 Å². The summed E-state index contributed by atoms with van der Waals surface area (Å²) in [4.78, 5) is 18.6. The predicted molar refractivity (Wildman–Crippen MR) is 82.3 cm³/mol. The number of aromatic nitrogens is 2. The first-order chi connectivity index (χ1) is 10.2. The van der Waals surface area contributed by atoms with Crippen LogP contribution in [0.15, 0.2) is 24.3 Å². The molecule has 0 unspecified atom stereocenters. The molecule has 2 aromatic rings. The molecule has 1 aromatic heterocycles. The minimum atomic E-state index is 0.0558. The summed E-state index contributed by atoms with van der Waals surface area (Å²) in [7, 11) is 3.72. The second-order valence-corrected chi connectivity index (χ2v) is 5.60. The number of carbonyl (C=O) groups is 1. The molecule has 112 valence electrons. The molecule has 0 spiro atoms. The molecule has 0 saturated carbocycles. The Morgan fingerprint density at radius 2 is 2.24 bits per heavy atom. The van der Waals surface area contributed by atoms with Crippen LogP contribution in [0, 0.1) is 0 Å². The normalized spacial score (nSPS) is 18.9. The maximum atomic E-state index is 12.4. The molecule has 3 rings (SSSR count). The lowest BCUT2D eigenvalue weighted by Gasteiger charge is -2.24. The van der Waals surface area contributed by atoms with Gasteiger partial charge in [0.2, 0.25) is 11.9 Å². The lowest BCUT2D eigenvalue weighted by Crippen LogP contribution is -2.33. The number of para-hydroxylation sites is 2. The zero-order valence-corrected chi connectivity index (χ0v) is 12.6. The molecule has 0 bridgehead atoms. The Balaban J connectivity index is 1.77. The van der Waals surface area contributed by atoms with Crippen LogP contribution >= 0.6 is 0 Å². The molecule has 1 aliphatic heterocycles. The van der Waals surface area contributed by atoms with Crippen molar-refractivity contribution in [2.45, 2.75) is 31.8 Å². The smallest absolute Gasteiger partial charge is 0.231 e. The van der Waals surface area contributed by atoms with Gasteiger partial charge in [-0.2, -0.15) is 0 Å². The number of fused-ring (bicyclic) bond motifs is 1. The average Bonchev–Trinajstić information content (AvgIpc) is 2.85. The van der Waals surface area contributed by atoms with Gasteiger partial charge in [-0.3, -0.25) is 9.69 Å². The molecule has 1 saturated heterocycles. The summed E-state index contributed by atoms with van der Waals surface area (Å²) in [6.07, 6.45) is 3.71. The molecular formula is C16H21N3O2. The van der Waals surface area contributed by atoms with Crippen LogP contribution in [0.1, 0.15) is 25.7 Å². The molecule has 0 radical (unpaired) electrons. The standard InChI is InChI=1S/C16H21N3O2/c1-18-14-9-4-3-8-13(14)17-16(18)19(2)15(20)11-12-7-5-6-10-21-12/h3-4,8-9,12H,5-7,10-11H2,1-2H3/t12-/m0/s1. The number of benzene rings is 1. The lowest BCUT2D eigenvalue weighted by atomic mass is 10.1. The second kappa shape index (κ2) is 5.85. The van der Waals surface area contributed by atoms with Crippen LogP contribution in [0.25, 0.3) is 11.0 Å². The van der Waals surface area contributed by atoms with Gasteiger partial charge in [-0.1, -0.05) is 12.1 Å². The number of nitrogens with zero attached hydrogens (tertiary/aromatic N) is 3. The van der Waals surface area contributed by atoms with Crippen LogP contribution in [0.4, 0.5) is 5.95 Å². The molecule has 21 heavy (non-hydrogen) atoms. The summed E-state index contributed by atoms with van der Waals surface area (Å²) in [6.45, 7) is 0.772. The van der Waals surface area contributed by atoms with Crippen molar-refractivity contribution in [3.8, 4) is 0 Å². The molecular weight excluding hydrogens is 266 g/mol. The fraction of sp³-hybridized carbons (Fsp3) is 0.500. The van der Waals surface area contributed by atoms with Crippen molar-refractivity contribution in [1.82, 2.24) is 9.55 Å².